The number of aliphatic hydroxyl groups excluding tert-OH is 1. The third-order valence-electron chi connectivity index (χ3n) is 5.64. The molecule has 0 aliphatic carbocycles. The summed E-state index contributed by atoms with van der Waals surface area (Å²) in [6.07, 6.45) is 2.70. The van der Waals surface area contributed by atoms with E-state index < -0.39 is 6.10 Å². The highest BCUT2D eigenvalue weighted by atomic mass is 16.5. The number of ether oxygens (including phenoxy) is 1. The van der Waals surface area contributed by atoms with E-state index >= 15 is 0 Å². The molecule has 0 amide bonds. The first-order chi connectivity index (χ1) is 13.4. The Bertz CT molecular complexity index is 913. The molecule has 0 radical (unpaired) electrons. The summed E-state index contributed by atoms with van der Waals surface area (Å²) in [5.41, 5.74) is 1.91. The van der Waals surface area contributed by atoms with Crippen molar-refractivity contribution < 1.29 is 9.84 Å². The number of unbranched alkanes of at least 4 members (excludes halogenated alkanes) is 1. The molecule has 2 heteroatoms. The fraction of sp³-hybridized carbons (Fsp3) is 0.385. The monoisotopic (exact) mass is 376 g/mol. The molecule has 3 rings (SSSR count). The average molecular weight is 377 g/mol. The normalized spacial score (nSPS) is 14.0. The predicted octanol–water partition coefficient (Wildman–Crippen LogP) is 7.23. The second-order valence-electron chi connectivity index (χ2n) is 8.43. The van der Waals surface area contributed by atoms with Crippen molar-refractivity contribution in [2.24, 2.45) is 5.41 Å². The average Bonchev–Trinajstić information content (AvgIpc) is 2.71. The Balaban J connectivity index is 1.76. The lowest BCUT2D eigenvalue weighted by atomic mass is 9.78. The van der Waals surface area contributed by atoms with Crippen molar-refractivity contribution in [1.29, 1.82) is 0 Å². The Labute approximate surface area is 169 Å². The molecule has 0 saturated carbocycles. The third-order valence-corrected chi connectivity index (χ3v) is 5.64. The van der Waals surface area contributed by atoms with Gasteiger partial charge < -0.3 is 9.84 Å². The highest BCUT2D eigenvalue weighted by Crippen LogP contribution is 2.39. The number of hydrogen-bond acceptors (Lipinski definition) is 2. The van der Waals surface area contributed by atoms with Gasteiger partial charge in [-0.25, -0.2) is 0 Å². The van der Waals surface area contributed by atoms with E-state index in [1.54, 1.807) is 0 Å². The van der Waals surface area contributed by atoms with Gasteiger partial charge in [-0.05, 0) is 58.9 Å². The maximum atomic E-state index is 10.9. The molecule has 2 unspecified atom stereocenters. The Morgan fingerprint density at radius 3 is 2.39 bits per heavy atom. The second kappa shape index (κ2) is 8.79. The van der Waals surface area contributed by atoms with Gasteiger partial charge in [0.15, 0.2) is 0 Å². The highest BCUT2D eigenvalue weighted by Gasteiger charge is 2.28. The van der Waals surface area contributed by atoms with E-state index in [-0.39, 0.29) is 11.5 Å². The molecule has 0 aromatic heterocycles. The Kier molecular flexibility index (Phi) is 6.41. The molecular weight excluding hydrogens is 344 g/mol. The Morgan fingerprint density at radius 2 is 1.64 bits per heavy atom. The minimum atomic E-state index is -0.501. The van der Waals surface area contributed by atoms with Crippen LogP contribution in [0.1, 0.15) is 70.3 Å². The predicted molar refractivity (Wildman–Crippen MR) is 118 cm³/mol. The summed E-state index contributed by atoms with van der Waals surface area (Å²) in [5.74, 6) is 0.795. The van der Waals surface area contributed by atoms with Crippen LogP contribution < -0.4 is 4.74 Å². The molecule has 2 atom stereocenters. The van der Waals surface area contributed by atoms with Gasteiger partial charge in [0.2, 0.25) is 0 Å². The molecule has 0 aliphatic rings. The number of benzene rings is 3. The van der Waals surface area contributed by atoms with E-state index in [2.05, 4.69) is 70.2 Å². The first-order valence-corrected chi connectivity index (χ1v) is 10.3. The van der Waals surface area contributed by atoms with Crippen molar-refractivity contribution >= 4 is 10.8 Å². The van der Waals surface area contributed by atoms with E-state index in [0.717, 1.165) is 36.1 Å². The van der Waals surface area contributed by atoms with Crippen LogP contribution in [-0.4, -0.2) is 5.11 Å². The molecule has 28 heavy (non-hydrogen) atoms. The Hall–Kier alpha value is -2.32. The number of rotatable bonds is 8. The van der Waals surface area contributed by atoms with Gasteiger partial charge in [0.1, 0.15) is 11.9 Å². The summed E-state index contributed by atoms with van der Waals surface area (Å²) < 4.78 is 6.22. The van der Waals surface area contributed by atoms with Crippen molar-refractivity contribution in [3.63, 3.8) is 0 Å². The molecule has 0 aliphatic heterocycles. The quantitative estimate of drug-likeness (QED) is 0.449. The summed E-state index contributed by atoms with van der Waals surface area (Å²) in [6, 6.07) is 22.7. The van der Waals surface area contributed by atoms with Crippen LogP contribution in [-0.2, 0) is 0 Å². The van der Waals surface area contributed by atoms with Crippen molar-refractivity contribution in [2.45, 2.75) is 59.2 Å². The lowest BCUT2D eigenvalue weighted by Gasteiger charge is -2.31. The van der Waals surface area contributed by atoms with Crippen LogP contribution in [0.2, 0.25) is 0 Å². The molecular formula is C26H32O2. The first-order valence-electron chi connectivity index (χ1n) is 10.3. The van der Waals surface area contributed by atoms with Crippen molar-refractivity contribution in [2.75, 3.05) is 0 Å². The van der Waals surface area contributed by atoms with Crippen molar-refractivity contribution in [3.8, 4) is 5.75 Å². The molecule has 0 heterocycles. The van der Waals surface area contributed by atoms with Gasteiger partial charge in [0.05, 0.1) is 6.10 Å². The summed E-state index contributed by atoms with van der Waals surface area (Å²) >= 11 is 0. The van der Waals surface area contributed by atoms with Gasteiger partial charge in [-0.2, -0.15) is 0 Å². The molecule has 1 N–H and O–H groups in total. The minimum absolute atomic E-state index is 0.0647. The van der Waals surface area contributed by atoms with Crippen LogP contribution in [0.5, 0.6) is 5.75 Å². The fourth-order valence-corrected chi connectivity index (χ4v) is 3.71. The standard InChI is InChI=1S/C26H32O2/c1-5-6-16-26(3,4)25(27)23-12-9-13-24(18-23)28-19(2)21-15-14-20-10-7-8-11-22(20)17-21/h7-15,17-19,25,27H,5-6,16H2,1-4H3. The highest BCUT2D eigenvalue weighted by molar-refractivity contribution is 5.83. The maximum Gasteiger partial charge on any atom is 0.121 e. The summed E-state index contributed by atoms with van der Waals surface area (Å²) in [5, 5.41) is 13.4. The smallest absolute Gasteiger partial charge is 0.121 e. The van der Waals surface area contributed by atoms with Gasteiger partial charge in [-0.15, -0.1) is 0 Å². The fourth-order valence-electron chi connectivity index (χ4n) is 3.71. The van der Waals surface area contributed by atoms with Gasteiger partial charge >= 0.3 is 0 Å². The van der Waals surface area contributed by atoms with E-state index in [1.807, 2.05) is 24.3 Å². The first kappa shape index (κ1) is 20.4. The van der Waals surface area contributed by atoms with Gasteiger partial charge in [-0.3, -0.25) is 0 Å². The summed E-state index contributed by atoms with van der Waals surface area (Å²) in [7, 11) is 0. The van der Waals surface area contributed by atoms with Crippen LogP contribution in [0.25, 0.3) is 10.8 Å². The molecule has 3 aromatic rings. The van der Waals surface area contributed by atoms with E-state index in [0.29, 0.717) is 0 Å². The third kappa shape index (κ3) is 4.74. The summed E-state index contributed by atoms with van der Waals surface area (Å²) in [4.78, 5) is 0. The van der Waals surface area contributed by atoms with Crippen LogP contribution >= 0.6 is 0 Å². The largest absolute Gasteiger partial charge is 0.486 e. The number of aliphatic hydroxyl groups is 1. The van der Waals surface area contributed by atoms with E-state index in [9.17, 15) is 5.11 Å². The molecule has 0 fully saturated rings. The Morgan fingerprint density at radius 1 is 0.893 bits per heavy atom. The topological polar surface area (TPSA) is 29.5 Å². The van der Waals surface area contributed by atoms with Crippen LogP contribution in [0.3, 0.4) is 0 Å². The molecule has 0 spiro atoms. The maximum absolute atomic E-state index is 10.9. The molecule has 2 nitrogen and oxygen atoms in total. The zero-order valence-corrected chi connectivity index (χ0v) is 17.5. The van der Waals surface area contributed by atoms with Crippen LogP contribution in [0, 0.1) is 5.41 Å². The molecule has 148 valence electrons. The van der Waals surface area contributed by atoms with Crippen molar-refractivity contribution in [1.82, 2.24) is 0 Å². The SMILES string of the molecule is CCCCC(C)(C)C(O)c1cccc(OC(C)c2ccc3ccccc3c2)c1. The lowest BCUT2D eigenvalue weighted by Crippen LogP contribution is -2.22. The van der Waals surface area contributed by atoms with Gasteiger partial charge in [-0.1, -0.05) is 82.1 Å². The molecule has 0 bridgehead atoms. The van der Waals surface area contributed by atoms with Crippen molar-refractivity contribution in [3.05, 3.63) is 77.9 Å². The van der Waals surface area contributed by atoms with E-state index in [4.69, 9.17) is 4.74 Å². The summed E-state index contributed by atoms with van der Waals surface area (Å²) in [6.45, 7) is 8.53. The number of hydrogen-bond donors (Lipinski definition) is 1. The van der Waals surface area contributed by atoms with Gasteiger partial charge in [0.25, 0.3) is 0 Å². The van der Waals surface area contributed by atoms with E-state index in [1.165, 1.54) is 10.8 Å². The number of fused-ring (bicyclic) bond motifs is 1. The zero-order valence-electron chi connectivity index (χ0n) is 17.5. The van der Waals surface area contributed by atoms with Crippen LogP contribution in [0.15, 0.2) is 66.7 Å². The second-order valence-corrected chi connectivity index (χ2v) is 8.43. The zero-order chi connectivity index (χ0) is 20.1. The molecule has 3 aromatic carbocycles. The lowest BCUT2D eigenvalue weighted by molar-refractivity contribution is 0.0411. The van der Waals surface area contributed by atoms with Crippen LogP contribution in [0.4, 0.5) is 0 Å². The minimum Gasteiger partial charge on any atom is -0.486 e. The van der Waals surface area contributed by atoms with Gasteiger partial charge in [0, 0.05) is 0 Å². The molecule has 0 saturated heterocycles.